The molecule has 7 heteroatoms. The molecule has 0 spiro atoms. The molecule has 0 saturated carbocycles. The molecule has 1 aliphatic heterocycles. The molecular formula is C22H16Cl3N3O. The molecular weight excluding hydrogens is 429 g/mol. The Bertz CT molecular complexity index is 1180. The number of hydrogen-bond acceptors (Lipinski definition) is 3. The summed E-state index contributed by atoms with van der Waals surface area (Å²) in [6.07, 6.45) is 4.00. The summed E-state index contributed by atoms with van der Waals surface area (Å²) in [7, 11) is 0. The Morgan fingerprint density at radius 1 is 1.03 bits per heavy atom. The monoisotopic (exact) mass is 443 g/mol. The Morgan fingerprint density at radius 3 is 2.69 bits per heavy atom. The van der Waals surface area contributed by atoms with Crippen molar-refractivity contribution in [3.05, 3.63) is 80.6 Å². The molecule has 2 aliphatic rings. The number of halogens is 3. The predicted octanol–water partition coefficient (Wildman–Crippen LogP) is 6.53. The molecule has 0 radical (unpaired) electrons. The maximum absolute atomic E-state index is 12.9. The predicted molar refractivity (Wildman–Crippen MR) is 117 cm³/mol. The van der Waals surface area contributed by atoms with Crippen LogP contribution in [0.5, 0.6) is 0 Å². The fourth-order valence-electron chi connectivity index (χ4n) is 4.12. The lowest BCUT2D eigenvalue weighted by atomic mass is 9.85. The lowest BCUT2D eigenvalue weighted by Crippen LogP contribution is -2.31. The summed E-state index contributed by atoms with van der Waals surface area (Å²) in [5.41, 5.74) is 4.48. The van der Waals surface area contributed by atoms with Gasteiger partial charge in [0.2, 0.25) is 0 Å². The summed E-state index contributed by atoms with van der Waals surface area (Å²) >= 11 is 18.6. The molecule has 1 N–H and O–H groups in total. The number of fused-ring (bicyclic) bond motifs is 1. The van der Waals surface area contributed by atoms with Crippen LogP contribution in [0.2, 0.25) is 15.1 Å². The molecule has 5 rings (SSSR count). The van der Waals surface area contributed by atoms with Gasteiger partial charge in [-0.05, 0) is 48.2 Å². The second kappa shape index (κ2) is 7.21. The van der Waals surface area contributed by atoms with Crippen molar-refractivity contribution in [3.8, 4) is 11.1 Å². The van der Waals surface area contributed by atoms with Gasteiger partial charge < -0.3 is 5.32 Å². The number of ketones is 1. The van der Waals surface area contributed by atoms with Gasteiger partial charge in [-0.3, -0.25) is 4.79 Å². The third kappa shape index (κ3) is 3.16. The molecule has 0 saturated heterocycles. The van der Waals surface area contributed by atoms with E-state index in [9.17, 15) is 4.79 Å². The zero-order valence-corrected chi connectivity index (χ0v) is 17.5. The Labute approximate surface area is 183 Å². The van der Waals surface area contributed by atoms with E-state index in [0.717, 1.165) is 46.6 Å². The number of hydrogen-bond donors (Lipinski definition) is 1. The van der Waals surface area contributed by atoms with Crippen molar-refractivity contribution in [2.24, 2.45) is 0 Å². The number of aromatic nitrogens is 2. The Kier molecular flexibility index (Phi) is 4.66. The molecule has 1 unspecified atom stereocenters. The first-order valence-electron chi connectivity index (χ1n) is 9.34. The Hall–Kier alpha value is -2.27. The van der Waals surface area contributed by atoms with E-state index in [4.69, 9.17) is 34.8 Å². The van der Waals surface area contributed by atoms with Gasteiger partial charge in [-0.1, -0.05) is 53.0 Å². The van der Waals surface area contributed by atoms with Crippen molar-refractivity contribution >= 4 is 46.4 Å². The summed E-state index contributed by atoms with van der Waals surface area (Å²) in [4.78, 5) is 12.9. The quantitative estimate of drug-likeness (QED) is 0.488. The minimum atomic E-state index is -0.350. The topological polar surface area (TPSA) is 46.9 Å². The Balaban J connectivity index is 1.72. The number of anilines is 1. The maximum Gasteiger partial charge on any atom is 0.163 e. The number of carbonyl (C=O) groups excluding carboxylic acids is 1. The summed E-state index contributed by atoms with van der Waals surface area (Å²) in [5, 5.41) is 9.72. The minimum Gasteiger partial charge on any atom is -0.343 e. The van der Waals surface area contributed by atoms with Gasteiger partial charge in [0, 0.05) is 28.3 Å². The van der Waals surface area contributed by atoms with Gasteiger partial charge in [-0.15, -0.1) is 0 Å². The molecule has 4 nitrogen and oxygen atoms in total. The van der Waals surface area contributed by atoms with E-state index in [-0.39, 0.29) is 11.8 Å². The molecule has 1 atom stereocenters. The number of benzene rings is 2. The average Bonchev–Trinajstić information content (AvgIpc) is 3.12. The average molecular weight is 445 g/mol. The zero-order chi connectivity index (χ0) is 20.1. The van der Waals surface area contributed by atoms with Crippen LogP contribution in [0.25, 0.3) is 11.1 Å². The van der Waals surface area contributed by atoms with Gasteiger partial charge in [-0.2, -0.15) is 5.10 Å². The highest BCUT2D eigenvalue weighted by atomic mass is 35.5. The first-order valence-corrected chi connectivity index (χ1v) is 10.5. The lowest BCUT2D eigenvalue weighted by Gasteiger charge is -2.33. The van der Waals surface area contributed by atoms with Crippen LogP contribution in [0.3, 0.4) is 0 Å². The number of Topliss-reactive ketones (excluding diaryl/α,β-unsaturated/α-hetero) is 1. The molecule has 2 aromatic carbocycles. The van der Waals surface area contributed by atoms with E-state index in [1.54, 1.807) is 12.3 Å². The summed E-state index contributed by atoms with van der Waals surface area (Å²) < 4.78 is 1.86. The highest BCUT2D eigenvalue weighted by molar-refractivity contribution is 6.42. The zero-order valence-electron chi connectivity index (χ0n) is 15.3. The van der Waals surface area contributed by atoms with E-state index in [0.29, 0.717) is 21.5 Å². The van der Waals surface area contributed by atoms with Crippen LogP contribution in [-0.4, -0.2) is 15.6 Å². The SMILES string of the molecule is O=C1CCCC2=C1C(c1ccc(Cl)c(Cl)c1)n1ncc(-c3cccc(Cl)c3)c1N2. The van der Waals surface area contributed by atoms with Gasteiger partial charge in [0.25, 0.3) is 0 Å². The number of nitrogens with one attached hydrogen (secondary N) is 1. The molecule has 0 amide bonds. The van der Waals surface area contributed by atoms with E-state index in [1.165, 1.54) is 0 Å². The second-order valence-corrected chi connectivity index (χ2v) is 8.48. The highest BCUT2D eigenvalue weighted by Crippen LogP contribution is 2.44. The fraction of sp³-hybridized carbons (Fsp3) is 0.182. The van der Waals surface area contributed by atoms with Gasteiger partial charge in [-0.25, -0.2) is 4.68 Å². The molecule has 146 valence electrons. The van der Waals surface area contributed by atoms with Gasteiger partial charge >= 0.3 is 0 Å². The number of nitrogens with zero attached hydrogens (tertiary/aromatic N) is 2. The molecule has 1 aromatic heterocycles. The molecule has 3 aromatic rings. The van der Waals surface area contributed by atoms with Crippen molar-refractivity contribution in [2.45, 2.75) is 25.3 Å². The van der Waals surface area contributed by atoms with Crippen LogP contribution >= 0.6 is 34.8 Å². The van der Waals surface area contributed by atoms with E-state index in [1.807, 2.05) is 41.1 Å². The summed E-state index contributed by atoms with van der Waals surface area (Å²) in [6.45, 7) is 0. The van der Waals surface area contributed by atoms with Crippen LogP contribution in [-0.2, 0) is 4.79 Å². The third-order valence-electron chi connectivity index (χ3n) is 5.43. The molecule has 2 heterocycles. The first-order chi connectivity index (χ1) is 14.0. The van der Waals surface area contributed by atoms with Crippen LogP contribution in [0, 0.1) is 0 Å². The van der Waals surface area contributed by atoms with Crippen LogP contribution in [0.15, 0.2) is 59.9 Å². The third-order valence-corrected chi connectivity index (χ3v) is 6.41. The number of allylic oxidation sites excluding steroid dienone is 2. The molecule has 0 bridgehead atoms. The van der Waals surface area contributed by atoms with Crippen LogP contribution in [0.1, 0.15) is 30.9 Å². The smallest absolute Gasteiger partial charge is 0.163 e. The van der Waals surface area contributed by atoms with E-state index >= 15 is 0 Å². The van der Waals surface area contributed by atoms with Gasteiger partial charge in [0.05, 0.1) is 16.2 Å². The van der Waals surface area contributed by atoms with Crippen molar-refractivity contribution in [2.75, 3.05) is 5.32 Å². The fourth-order valence-corrected chi connectivity index (χ4v) is 4.61. The van der Waals surface area contributed by atoms with Crippen LogP contribution < -0.4 is 5.32 Å². The number of rotatable bonds is 2. The number of carbonyl (C=O) groups is 1. The molecule has 29 heavy (non-hydrogen) atoms. The Morgan fingerprint density at radius 2 is 1.90 bits per heavy atom. The standard InChI is InChI=1S/C22H16Cl3N3O/c23-14-4-1-3-12(9-14)15-11-26-28-21(13-7-8-16(24)17(25)10-13)20-18(27-22(15)28)5-2-6-19(20)29/h1,3-4,7-11,21,27H,2,5-6H2. The minimum absolute atomic E-state index is 0.139. The van der Waals surface area contributed by atoms with Gasteiger partial charge in [0.15, 0.2) is 5.78 Å². The van der Waals surface area contributed by atoms with Crippen molar-refractivity contribution in [1.29, 1.82) is 0 Å². The molecule has 1 aliphatic carbocycles. The lowest BCUT2D eigenvalue weighted by molar-refractivity contribution is -0.116. The molecule has 0 fully saturated rings. The normalized spacial score (nSPS) is 18.3. The van der Waals surface area contributed by atoms with Crippen molar-refractivity contribution < 1.29 is 4.79 Å². The summed E-state index contributed by atoms with van der Waals surface area (Å²) in [6, 6.07) is 12.8. The second-order valence-electron chi connectivity index (χ2n) is 7.23. The highest BCUT2D eigenvalue weighted by Gasteiger charge is 2.37. The van der Waals surface area contributed by atoms with E-state index < -0.39 is 0 Å². The van der Waals surface area contributed by atoms with Crippen molar-refractivity contribution in [3.63, 3.8) is 0 Å². The maximum atomic E-state index is 12.9. The van der Waals surface area contributed by atoms with Crippen molar-refractivity contribution in [1.82, 2.24) is 9.78 Å². The van der Waals surface area contributed by atoms with Crippen LogP contribution in [0.4, 0.5) is 5.82 Å². The largest absolute Gasteiger partial charge is 0.343 e. The van der Waals surface area contributed by atoms with E-state index in [2.05, 4.69) is 10.4 Å². The first kappa shape index (κ1) is 18.7. The van der Waals surface area contributed by atoms with Gasteiger partial charge in [0.1, 0.15) is 11.9 Å². The summed E-state index contributed by atoms with van der Waals surface area (Å²) in [5.74, 6) is 0.983.